The Hall–Kier alpha value is -3.45. The van der Waals surface area contributed by atoms with Crippen LogP contribution in [0, 0.1) is 0 Å². The second-order valence-corrected chi connectivity index (χ2v) is 7.88. The fourth-order valence-electron chi connectivity index (χ4n) is 3.17. The molecule has 3 rings (SSSR count). The Balaban J connectivity index is 1.83. The molecule has 0 spiro atoms. The molecule has 38 heavy (non-hydrogen) atoms. The van der Waals surface area contributed by atoms with Crippen LogP contribution < -0.4 is 4.74 Å². The molecule has 206 valence electrons. The molecule has 3 aromatic carbocycles. The lowest BCUT2D eigenvalue weighted by Gasteiger charge is -2.39. The van der Waals surface area contributed by atoms with Crippen LogP contribution in [0.5, 0.6) is 5.75 Å². The van der Waals surface area contributed by atoms with Crippen LogP contribution in [0.2, 0.25) is 0 Å². The van der Waals surface area contributed by atoms with E-state index in [2.05, 4.69) is 4.74 Å². The molecule has 0 atom stereocenters. The first-order valence-corrected chi connectivity index (χ1v) is 10.2. The van der Waals surface area contributed by atoms with Gasteiger partial charge in [-0.1, -0.05) is 66.7 Å². The summed E-state index contributed by atoms with van der Waals surface area (Å²) in [5, 5.41) is 0. The summed E-state index contributed by atoms with van der Waals surface area (Å²) < 4.78 is 175. The van der Waals surface area contributed by atoms with E-state index < -0.39 is 41.7 Å². The molecule has 0 radical (unpaired) electrons. The quantitative estimate of drug-likeness (QED) is 0.248. The monoisotopic (exact) mass is 564 g/mol. The first-order valence-electron chi connectivity index (χ1n) is 10.2. The largest absolute Gasteiger partial charge is 0.471 e. The Labute approximate surface area is 205 Å². The molecular weight excluding hydrogens is 551 g/mol. The van der Waals surface area contributed by atoms with Gasteiger partial charge in [-0.05, 0) is 34.4 Å². The molecule has 1 nitrogen and oxygen atoms in total. The molecule has 3 aromatic rings. The number of rotatable bonds is 8. The average molecular weight is 564 g/mol. The summed E-state index contributed by atoms with van der Waals surface area (Å²) in [5.74, 6) is -32.5. The standard InChI is InChI=1S/C24H13F13O/c25-19(26,21(29,30)23(33,34)35)20(27,28)22(31,32)24(36,37)38-18-12-10-17(11-13-18)16-8-6-15(7-9-16)14-4-2-1-3-5-14/h1-13H. The Morgan fingerprint density at radius 2 is 0.711 bits per heavy atom. The predicted molar refractivity (Wildman–Crippen MR) is 109 cm³/mol. The number of benzene rings is 3. The summed E-state index contributed by atoms with van der Waals surface area (Å²) in [6.07, 6.45) is -14.1. The predicted octanol–water partition coefficient (Wildman–Crippen LogP) is 9.10. The van der Waals surface area contributed by atoms with E-state index in [4.69, 9.17) is 0 Å². The van der Waals surface area contributed by atoms with Crippen molar-refractivity contribution in [3.05, 3.63) is 78.9 Å². The van der Waals surface area contributed by atoms with Gasteiger partial charge in [0.25, 0.3) is 0 Å². The van der Waals surface area contributed by atoms with Crippen molar-refractivity contribution in [1.29, 1.82) is 0 Å². The Morgan fingerprint density at radius 3 is 1.11 bits per heavy atom. The molecule has 0 bridgehead atoms. The summed E-state index contributed by atoms with van der Waals surface area (Å²) in [7, 11) is 0. The van der Waals surface area contributed by atoms with Crippen molar-refractivity contribution in [3.8, 4) is 28.0 Å². The van der Waals surface area contributed by atoms with Gasteiger partial charge in [0, 0.05) is 0 Å². The maximum atomic E-state index is 13.9. The fourth-order valence-corrected chi connectivity index (χ4v) is 3.17. The lowest BCUT2D eigenvalue weighted by molar-refractivity contribution is -0.456. The molecule has 0 saturated carbocycles. The normalized spacial score (nSPS) is 13.9. The van der Waals surface area contributed by atoms with Gasteiger partial charge >= 0.3 is 36.0 Å². The van der Waals surface area contributed by atoms with Gasteiger partial charge in [-0.15, -0.1) is 0 Å². The minimum atomic E-state index is -7.98. The summed E-state index contributed by atoms with van der Waals surface area (Å²) >= 11 is 0. The van der Waals surface area contributed by atoms with E-state index in [1.807, 2.05) is 12.1 Å². The maximum Gasteiger partial charge on any atom is 0.471 e. The van der Waals surface area contributed by atoms with Gasteiger partial charge in [0.2, 0.25) is 0 Å². The molecule has 0 unspecified atom stereocenters. The molecule has 0 aliphatic heterocycles. The van der Waals surface area contributed by atoms with Crippen LogP contribution in [0.15, 0.2) is 78.9 Å². The number of ether oxygens (including phenoxy) is 1. The van der Waals surface area contributed by atoms with Crippen LogP contribution in [0.4, 0.5) is 57.1 Å². The Morgan fingerprint density at radius 1 is 0.368 bits per heavy atom. The number of alkyl halides is 13. The highest BCUT2D eigenvalue weighted by atomic mass is 19.4. The van der Waals surface area contributed by atoms with E-state index >= 15 is 0 Å². The number of hydrogen-bond acceptors (Lipinski definition) is 1. The van der Waals surface area contributed by atoms with E-state index in [1.54, 1.807) is 42.5 Å². The van der Waals surface area contributed by atoms with Crippen molar-refractivity contribution in [1.82, 2.24) is 0 Å². The minimum absolute atomic E-state index is 0.272. The van der Waals surface area contributed by atoms with Gasteiger partial charge < -0.3 is 4.74 Å². The van der Waals surface area contributed by atoms with Crippen molar-refractivity contribution in [3.63, 3.8) is 0 Å². The van der Waals surface area contributed by atoms with E-state index in [0.29, 0.717) is 17.7 Å². The van der Waals surface area contributed by atoms with Crippen LogP contribution in [-0.2, 0) is 0 Å². The molecular formula is C24H13F13O. The van der Waals surface area contributed by atoms with E-state index in [0.717, 1.165) is 23.3 Å². The van der Waals surface area contributed by atoms with Crippen molar-refractivity contribution < 1.29 is 61.8 Å². The van der Waals surface area contributed by atoms with E-state index in [9.17, 15) is 57.1 Å². The van der Waals surface area contributed by atoms with Gasteiger partial charge in [-0.25, -0.2) is 0 Å². The van der Waals surface area contributed by atoms with Gasteiger partial charge in [0.1, 0.15) is 5.75 Å². The third-order valence-electron chi connectivity index (χ3n) is 5.33. The molecule has 0 aromatic heterocycles. The van der Waals surface area contributed by atoms with Gasteiger partial charge in [0.05, 0.1) is 0 Å². The fraction of sp³-hybridized carbons (Fsp3) is 0.250. The van der Waals surface area contributed by atoms with E-state index in [-0.39, 0.29) is 5.56 Å². The summed E-state index contributed by atoms with van der Waals surface area (Å²) in [4.78, 5) is 0. The maximum absolute atomic E-state index is 13.9. The molecule has 0 heterocycles. The molecule has 0 fully saturated rings. The van der Waals surface area contributed by atoms with Gasteiger partial charge in [-0.3, -0.25) is 0 Å². The summed E-state index contributed by atoms with van der Waals surface area (Å²) in [5.41, 5.74) is 2.40. The van der Waals surface area contributed by atoms with Crippen molar-refractivity contribution in [2.24, 2.45) is 0 Å². The van der Waals surface area contributed by atoms with E-state index in [1.165, 1.54) is 0 Å². The van der Waals surface area contributed by atoms with Crippen molar-refractivity contribution >= 4 is 0 Å². The highest BCUT2D eigenvalue weighted by molar-refractivity contribution is 5.70. The Kier molecular flexibility index (Phi) is 7.19. The molecule has 0 N–H and O–H groups in total. The number of halogens is 13. The highest BCUT2D eigenvalue weighted by Gasteiger charge is 2.91. The third-order valence-corrected chi connectivity index (χ3v) is 5.33. The van der Waals surface area contributed by atoms with Crippen LogP contribution in [0.1, 0.15) is 0 Å². The summed E-state index contributed by atoms with van der Waals surface area (Å²) in [6.45, 7) is 0. The zero-order valence-corrected chi connectivity index (χ0v) is 18.3. The van der Waals surface area contributed by atoms with Crippen LogP contribution in [-0.4, -0.2) is 36.0 Å². The smallest absolute Gasteiger partial charge is 0.428 e. The zero-order valence-electron chi connectivity index (χ0n) is 18.3. The first kappa shape index (κ1) is 29.1. The third kappa shape index (κ3) is 4.75. The highest BCUT2D eigenvalue weighted by Crippen LogP contribution is 2.60. The topological polar surface area (TPSA) is 9.23 Å². The summed E-state index contributed by atoms with van der Waals surface area (Å²) in [6, 6.07) is 18.6. The second kappa shape index (κ2) is 9.38. The van der Waals surface area contributed by atoms with Gasteiger partial charge in [-0.2, -0.15) is 57.1 Å². The average Bonchev–Trinajstić information content (AvgIpc) is 2.84. The lowest BCUT2D eigenvalue weighted by atomic mass is 9.97. The van der Waals surface area contributed by atoms with Crippen LogP contribution in [0.25, 0.3) is 22.3 Å². The Bertz CT molecular complexity index is 1230. The second-order valence-electron chi connectivity index (χ2n) is 7.88. The lowest BCUT2D eigenvalue weighted by Crippen LogP contribution is -2.70. The molecule has 0 amide bonds. The zero-order chi connectivity index (χ0) is 28.8. The van der Waals surface area contributed by atoms with Crippen LogP contribution >= 0.6 is 0 Å². The van der Waals surface area contributed by atoms with Crippen molar-refractivity contribution in [2.75, 3.05) is 0 Å². The molecule has 0 aliphatic rings. The molecule has 14 heteroatoms. The molecule has 0 saturated heterocycles. The minimum Gasteiger partial charge on any atom is -0.428 e. The van der Waals surface area contributed by atoms with Crippen molar-refractivity contribution in [2.45, 2.75) is 36.0 Å². The SMILES string of the molecule is FC(F)(F)C(F)(F)C(F)(F)C(F)(F)C(F)(F)C(F)(F)Oc1ccc(-c2ccc(-c3ccccc3)cc2)cc1. The first-order chi connectivity index (χ1) is 17.3. The number of hydrogen-bond donors (Lipinski definition) is 0. The van der Waals surface area contributed by atoms with Crippen LogP contribution in [0.3, 0.4) is 0 Å². The van der Waals surface area contributed by atoms with Gasteiger partial charge in [0.15, 0.2) is 0 Å². The molecule has 0 aliphatic carbocycles.